The van der Waals surface area contributed by atoms with E-state index in [1.54, 1.807) is 5.56 Å². The van der Waals surface area contributed by atoms with E-state index in [1.165, 1.54) is 78.1 Å². The molecule has 7 aromatic carbocycles. The summed E-state index contributed by atoms with van der Waals surface area (Å²) in [5.41, 5.74) is 15.1. The van der Waals surface area contributed by atoms with Crippen LogP contribution in [0.2, 0.25) is 0 Å². The summed E-state index contributed by atoms with van der Waals surface area (Å²) in [6.07, 6.45) is 7.37. The topological polar surface area (TPSA) is 18.1 Å². The summed E-state index contributed by atoms with van der Waals surface area (Å²) < 4.78 is 9.03. The minimum absolute atomic E-state index is 0.299. The van der Waals surface area contributed by atoms with Crippen molar-refractivity contribution in [3.8, 4) is 27.9 Å². The fraction of sp³-hybridized carbons (Fsp3) is 0.170. The molecular formula is C53H43NO. The van der Waals surface area contributed by atoms with E-state index in [-0.39, 0.29) is 0 Å². The maximum absolute atomic E-state index is 6.61. The first-order chi connectivity index (χ1) is 27.2. The summed E-state index contributed by atoms with van der Waals surface area (Å²) >= 11 is 0. The van der Waals surface area contributed by atoms with Crippen molar-refractivity contribution in [2.75, 3.05) is 0 Å². The molecule has 5 atom stereocenters. The highest BCUT2D eigenvalue weighted by Crippen LogP contribution is 2.59. The van der Waals surface area contributed by atoms with E-state index in [4.69, 9.17) is 4.42 Å². The van der Waals surface area contributed by atoms with Gasteiger partial charge in [-0.25, -0.2) is 0 Å². The third kappa shape index (κ3) is 5.01. The summed E-state index contributed by atoms with van der Waals surface area (Å²) in [5, 5.41) is 4.99. The van der Waals surface area contributed by atoms with E-state index in [0.29, 0.717) is 29.6 Å². The van der Waals surface area contributed by atoms with Crippen LogP contribution >= 0.6 is 0 Å². The Morgan fingerprint density at radius 2 is 1.29 bits per heavy atom. The van der Waals surface area contributed by atoms with Gasteiger partial charge in [-0.05, 0) is 111 Å². The molecule has 9 aromatic rings. The van der Waals surface area contributed by atoms with Crippen LogP contribution in [0, 0.1) is 11.8 Å². The highest BCUT2D eigenvalue weighted by Gasteiger charge is 2.46. The quantitative estimate of drug-likeness (QED) is 0.157. The van der Waals surface area contributed by atoms with Gasteiger partial charge in [-0.3, -0.25) is 0 Å². The Labute approximate surface area is 322 Å². The summed E-state index contributed by atoms with van der Waals surface area (Å²) in [4.78, 5) is 0. The van der Waals surface area contributed by atoms with Gasteiger partial charge in [-0.15, -0.1) is 0 Å². The van der Waals surface area contributed by atoms with Crippen LogP contribution in [0.25, 0.3) is 71.7 Å². The summed E-state index contributed by atoms with van der Waals surface area (Å²) in [6.45, 7) is 4.82. The standard InChI is InChI=1S/C53H43NO/c1-3-34-15-11-20-45-51(33(2)40-18-12-19-44-42-17-8-10-22-50(42)55-53(40)44)43-29-25-37(32-47(43)52(34)45)38-26-30-49-46(31-38)41-16-7-9-21-48(41)54(49)39-27-23-36(24-28-39)35-13-5-4-6-14-35/h4-14,16-34,45,51-52H,3,15H2,1-2H3. The zero-order valence-corrected chi connectivity index (χ0v) is 31.3. The number of furan rings is 1. The second-order valence-corrected chi connectivity index (χ2v) is 15.9. The number of fused-ring (bicyclic) bond motifs is 9. The van der Waals surface area contributed by atoms with Crippen molar-refractivity contribution in [2.45, 2.75) is 44.4 Å². The van der Waals surface area contributed by atoms with Gasteiger partial charge in [-0.2, -0.15) is 0 Å². The maximum Gasteiger partial charge on any atom is 0.138 e. The highest BCUT2D eigenvalue weighted by atomic mass is 16.3. The SMILES string of the molecule is CCC1CC=CC2C1c1cc(-c3ccc4c(c3)c3ccccc3n4-c3ccc(-c4ccccc4)cc3)ccc1C2C(C)c1cccc2c1oc1ccccc12. The molecule has 0 bridgehead atoms. The third-order valence-electron chi connectivity index (χ3n) is 13.2. The van der Waals surface area contributed by atoms with Crippen molar-refractivity contribution in [1.29, 1.82) is 0 Å². The Hall–Kier alpha value is -6.12. The molecular weight excluding hydrogens is 667 g/mol. The van der Waals surface area contributed by atoms with Crippen molar-refractivity contribution >= 4 is 43.7 Å². The van der Waals surface area contributed by atoms with Crippen LogP contribution in [0.15, 0.2) is 174 Å². The Morgan fingerprint density at radius 1 is 0.600 bits per heavy atom. The van der Waals surface area contributed by atoms with Gasteiger partial charge in [0.1, 0.15) is 11.2 Å². The Balaban J connectivity index is 1.01. The highest BCUT2D eigenvalue weighted by molar-refractivity contribution is 6.10. The molecule has 0 radical (unpaired) electrons. The van der Waals surface area contributed by atoms with Crippen LogP contribution in [-0.2, 0) is 0 Å². The number of para-hydroxylation sites is 3. The normalized spacial score (nSPS) is 19.7. The smallest absolute Gasteiger partial charge is 0.138 e. The number of rotatable bonds is 6. The number of aromatic nitrogens is 1. The van der Waals surface area contributed by atoms with Gasteiger partial charge in [0.25, 0.3) is 0 Å². The van der Waals surface area contributed by atoms with Crippen molar-refractivity contribution < 1.29 is 4.42 Å². The molecule has 2 aromatic heterocycles. The molecule has 266 valence electrons. The van der Waals surface area contributed by atoms with Gasteiger partial charge >= 0.3 is 0 Å². The largest absolute Gasteiger partial charge is 0.456 e. The number of allylic oxidation sites excluding steroid dienone is 2. The van der Waals surface area contributed by atoms with Gasteiger partial charge in [0, 0.05) is 27.2 Å². The lowest BCUT2D eigenvalue weighted by Crippen LogP contribution is -2.23. The molecule has 2 nitrogen and oxygen atoms in total. The van der Waals surface area contributed by atoms with Crippen molar-refractivity contribution in [1.82, 2.24) is 4.57 Å². The van der Waals surface area contributed by atoms with Gasteiger partial charge in [0.15, 0.2) is 0 Å². The molecule has 0 fully saturated rings. The first-order valence-electron chi connectivity index (χ1n) is 20.1. The fourth-order valence-electron chi connectivity index (χ4n) is 10.6. The summed E-state index contributed by atoms with van der Waals surface area (Å²) in [6, 6.07) is 58.2. The molecule has 55 heavy (non-hydrogen) atoms. The molecule has 5 unspecified atom stereocenters. The lowest BCUT2D eigenvalue weighted by atomic mass is 9.69. The molecule has 2 aliphatic rings. The Kier molecular flexibility index (Phi) is 7.49. The molecule has 2 heterocycles. The summed E-state index contributed by atoms with van der Waals surface area (Å²) in [5.74, 6) is 2.29. The second kappa shape index (κ2) is 12.7. The average Bonchev–Trinajstić information content (AvgIpc) is 3.91. The zero-order chi connectivity index (χ0) is 36.6. The molecule has 0 N–H and O–H groups in total. The monoisotopic (exact) mass is 709 g/mol. The minimum Gasteiger partial charge on any atom is -0.456 e. The van der Waals surface area contributed by atoms with E-state index >= 15 is 0 Å². The van der Waals surface area contributed by atoms with E-state index in [1.807, 2.05) is 0 Å². The van der Waals surface area contributed by atoms with E-state index < -0.39 is 0 Å². The van der Waals surface area contributed by atoms with E-state index in [2.05, 4.69) is 188 Å². The van der Waals surface area contributed by atoms with E-state index in [9.17, 15) is 0 Å². The van der Waals surface area contributed by atoms with Crippen LogP contribution in [0.3, 0.4) is 0 Å². The molecule has 0 amide bonds. The third-order valence-corrected chi connectivity index (χ3v) is 13.2. The van der Waals surface area contributed by atoms with Crippen LogP contribution in [-0.4, -0.2) is 4.57 Å². The van der Waals surface area contributed by atoms with Gasteiger partial charge in [0.2, 0.25) is 0 Å². The minimum atomic E-state index is 0.299. The molecule has 0 saturated heterocycles. The molecule has 0 spiro atoms. The number of nitrogens with zero attached hydrogens (tertiary/aromatic N) is 1. The fourth-order valence-corrected chi connectivity index (χ4v) is 10.6. The predicted molar refractivity (Wildman–Crippen MR) is 230 cm³/mol. The first-order valence-corrected chi connectivity index (χ1v) is 20.1. The van der Waals surface area contributed by atoms with Crippen LogP contribution in [0.5, 0.6) is 0 Å². The maximum atomic E-state index is 6.61. The first kappa shape index (κ1) is 32.3. The second-order valence-electron chi connectivity index (χ2n) is 15.9. The lowest BCUT2D eigenvalue weighted by Gasteiger charge is -2.34. The van der Waals surface area contributed by atoms with Gasteiger partial charge < -0.3 is 8.98 Å². The summed E-state index contributed by atoms with van der Waals surface area (Å²) in [7, 11) is 0. The Bertz CT molecular complexity index is 2920. The van der Waals surface area contributed by atoms with Crippen LogP contribution < -0.4 is 0 Å². The zero-order valence-electron chi connectivity index (χ0n) is 31.3. The molecule has 0 aliphatic heterocycles. The lowest BCUT2D eigenvalue weighted by molar-refractivity contribution is 0.304. The van der Waals surface area contributed by atoms with Gasteiger partial charge in [0.05, 0.1) is 11.0 Å². The molecule has 2 heteroatoms. The molecule has 0 saturated carbocycles. The average molecular weight is 710 g/mol. The van der Waals surface area contributed by atoms with Crippen LogP contribution in [0.1, 0.15) is 61.1 Å². The number of hydrogen-bond acceptors (Lipinski definition) is 1. The van der Waals surface area contributed by atoms with Crippen molar-refractivity contribution in [2.24, 2.45) is 11.8 Å². The predicted octanol–water partition coefficient (Wildman–Crippen LogP) is 14.6. The van der Waals surface area contributed by atoms with Crippen molar-refractivity contribution in [3.63, 3.8) is 0 Å². The van der Waals surface area contributed by atoms with E-state index in [0.717, 1.165) is 17.6 Å². The number of hydrogen-bond donors (Lipinski definition) is 0. The Morgan fingerprint density at radius 3 is 2.15 bits per heavy atom. The number of benzene rings is 7. The molecule has 2 aliphatic carbocycles. The molecule has 11 rings (SSSR count). The van der Waals surface area contributed by atoms with Crippen molar-refractivity contribution in [3.05, 3.63) is 187 Å². The van der Waals surface area contributed by atoms with Crippen LogP contribution in [0.4, 0.5) is 0 Å². The van der Waals surface area contributed by atoms with Gasteiger partial charge in [-0.1, -0.05) is 154 Å².